The van der Waals surface area contributed by atoms with Crippen LogP contribution in [0.4, 0.5) is 0 Å². The van der Waals surface area contributed by atoms with Crippen molar-refractivity contribution in [2.45, 2.75) is 0 Å². The molecule has 0 amide bonds. The Morgan fingerprint density at radius 3 is 2.88 bits per heavy atom. The number of rotatable bonds is 7. The standard InChI is InChI=1S/C11H13IO4/c1-14-4-5-15-8-16-11-3-2-10(12)6-9(11)7-13/h2-3,6-7H,4-5,8H2,1H3. The smallest absolute Gasteiger partial charge is 0.189 e. The summed E-state index contributed by atoms with van der Waals surface area (Å²) in [6.07, 6.45) is 0.770. The first-order valence-electron chi connectivity index (χ1n) is 4.72. The van der Waals surface area contributed by atoms with Gasteiger partial charge < -0.3 is 14.2 Å². The summed E-state index contributed by atoms with van der Waals surface area (Å²) in [4.78, 5) is 10.8. The van der Waals surface area contributed by atoms with Gasteiger partial charge in [0.15, 0.2) is 13.1 Å². The number of halogens is 1. The van der Waals surface area contributed by atoms with E-state index in [0.717, 1.165) is 9.86 Å². The fourth-order valence-electron chi connectivity index (χ4n) is 1.05. The molecule has 0 bridgehead atoms. The maximum Gasteiger partial charge on any atom is 0.189 e. The van der Waals surface area contributed by atoms with Gasteiger partial charge in [0, 0.05) is 10.7 Å². The lowest BCUT2D eigenvalue weighted by atomic mass is 10.2. The third-order valence-electron chi connectivity index (χ3n) is 1.83. The van der Waals surface area contributed by atoms with Crippen LogP contribution in [0.1, 0.15) is 10.4 Å². The molecule has 0 saturated heterocycles. The Balaban J connectivity index is 2.44. The van der Waals surface area contributed by atoms with Crippen molar-refractivity contribution >= 4 is 28.9 Å². The average molecular weight is 336 g/mol. The molecule has 0 unspecified atom stereocenters. The Morgan fingerprint density at radius 2 is 2.19 bits per heavy atom. The molecule has 0 N–H and O–H groups in total. The summed E-state index contributed by atoms with van der Waals surface area (Å²) < 4.78 is 16.3. The summed E-state index contributed by atoms with van der Waals surface area (Å²) in [5, 5.41) is 0. The van der Waals surface area contributed by atoms with Crippen molar-refractivity contribution < 1.29 is 19.0 Å². The molecule has 1 rings (SSSR count). The van der Waals surface area contributed by atoms with E-state index in [1.807, 2.05) is 6.07 Å². The van der Waals surface area contributed by atoms with Crippen LogP contribution in [0.25, 0.3) is 0 Å². The van der Waals surface area contributed by atoms with E-state index >= 15 is 0 Å². The number of methoxy groups -OCH3 is 1. The number of ether oxygens (including phenoxy) is 3. The topological polar surface area (TPSA) is 44.8 Å². The lowest BCUT2D eigenvalue weighted by Crippen LogP contribution is -2.08. The summed E-state index contributed by atoms with van der Waals surface area (Å²) in [6, 6.07) is 5.39. The van der Waals surface area contributed by atoms with E-state index in [2.05, 4.69) is 22.6 Å². The van der Waals surface area contributed by atoms with Gasteiger partial charge in [0.25, 0.3) is 0 Å². The molecular formula is C11H13IO4. The van der Waals surface area contributed by atoms with Crippen LogP contribution in [-0.2, 0) is 9.47 Å². The first-order valence-corrected chi connectivity index (χ1v) is 5.80. The fourth-order valence-corrected chi connectivity index (χ4v) is 1.56. The number of carbonyl (C=O) groups excluding carboxylic acids is 1. The van der Waals surface area contributed by atoms with Crippen LogP contribution < -0.4 is 4.74 Å². The molecular weight excluding hydrogens is 323 g/mol. The van der Waals surface area contributed by atoms with Crippen molar-refractivity contribution in [3.63, 3.8) is 0 Å². The Morgan fingerprint density at radius 1 is 1.38 bits per heavy atom. The molecule has 1 aromatic rings. The molecule has 0 aromatic heterocycles. The van der Waals surface area contributed by atoms with Gasteiger partial charge in [0.2, 0.25) is 0 Å². The van der Waals surface area contributed by atoms with E-state index in [4.69, 9.17) is 14.2 Å². The number of hydrogen-bond donors (Lipinski definition) is 0. The maximum absolute atomic E-state index is 10.8. The molecule has 5 heteroatoms. The van der Waals surface area contributed by atoms with Gasteiger partial charge in [-0.05, 0) is 40.8 Å². The highest BCUT2D eigenvalue weighted by atomic mass is 127. The third kappa shape index (κ3) is 4.46. The summed E-state index contributed by atoms with van der Waals surface area (Å²) in [5.41, 5.74) is 0.530. The van der Waals surface area contributed by atoms with E-state index in [1.54, 1.807) is 19.2 Å². The van der Waals surface area contributed by atoms with Crippen molar-refractivity contribution in [3.05, 3.63) is 27.3 Å². The van der Waals surface area contributed by atoms with Crippen molar-refractivity contribution in [2.75, 3.05) is 27.1 Å². The summed E-state index contributed by atoms with van der Waals surface area (Å²) in [6.45, 7) is 1.11. The number of hydrogen-bond acceptors (Lipinski definition) is 4. The van der Waals surface area contributed by atoms with Crippen molar-refractivity contribution in [1.82, 2.24) is 0 Å². The van der Waals surface area contributed by atoms with Crippen LogP contribution in [0.5, 0.6) is 5.75 Å². The Kier molecular flexibility index (Phi) is 6.36. The minimum absolute atomic E-state index is 0.116. The van der Waals surface area contributed by atoms with Crippen LogP contribution >= 0.6 is 22.6 Å². The summed E-state index contributed by atoms with van der Waals surface area (Å²) in [7, 11) is 1.61. The van der Waals surface area contributed by atoms with E-state index in [-0.39, 0.29) is 6.79 Å². The second-order valence-electron chi connectivity index (χ2n) is 2.96. The Bertz CT molecular complexity index is 341. The van der Waals surface area contributed by atoms with Crippen LogP contribution in [0, 0.1) is 3.57 Å². The van der Waals surface area contributed by atoms with Crippen molar-refractivity contribution in [1.29, 1.82) is 0 Å². The predicted octanol–water partition coefficient (Wildman–Crippen LogP) is 2.10. The van der Waals surface area contributed by atoms with Crippen molar-refractivity contribution in [2.24, 2.45) is 0 Å². The molecule has 4 nitrogen and oxygen atoms in total. The van der Waals surface area contributed by atoms with Crippen LogP contribution in [0.2, 0.25) is 0 Å². The Hall–Kier alpha value is -0.660. The molecule has 0 spiro atoms. The van der Waals surface area contributed by atoms with Gasteiger partial charge >= 0.3 is 0 Å². The van der Waals surface area contributed by atoms with Gasteiger partial charge in [-0.1, -0.05) is 0 Å². The second-order valence-corrected chi connectivity index (χ2v) is 4.21. The minimum atomic E-state index is 0.116. The van der Waals surface area contributed by atoms with Gasteiger partial charge in [-0.2, -0.15) is 0 Å². The molecule has 0 radical (unpaired) electrons. The lowest BCUT2D eigenvalue weighted by Gasteiger charge is -2.08. The maximum atomic E-state index is 10.8. The molecule has 0 fully saturated rings. The second kappa shape index (κ2) is 7.59. The largest absolute Gasteiger partial charge is 0.467 e. The van der Waals surface area contributed by atoms with Crippen LogP contribution in [0.3, 0.4) is 0 Å². The molecule has 1 aromatic carbocycles. The van der Waals surface area contributed by atoms with E-state index in [1.165, 1.54) is 0 Å². The highest BCUT2D eigenvalue weighted by Crippen LogP contribution is 2.19. The average Bonchev–Trinajstić information content (AvgIpc) is 2.30. The van der Waals surface area contributed by atoms with Crippen LogP contribution in [0.15, 0.2) is 18.2 Å². The molecule has 0 aliphatic rings. The molecule has 88 valence electrons. The summed E-state index contributed by atoms with van der Waals surface area (Å²) in [5.74, 6) is 0.535. The van der Waals surface area contributed by atoms with Gasteiger partial charge in [0.05, 0.1) is 18.8 Å². The first-order chi connectivity index (χ1) is 7.77. The SMILES string of the molecule is COCCOCOc1ccc(I)cc1C=O. The number of aldehydes is 1. The molecule has 0 aliphatic carbocycles. The van der Waals surface area contributed by atoms with Gasteiger partial charge in [-0.25, -0.2) is 0 Å². The first kappa shape index (κ1) is 13.4. The normalized spacial score (nSPS) is 10.1. The summed E-state index contributed by atoms with van der Waals surface area (Å²) >= 11 is 2.14. The molecule has 16 heavy (non-hydrogen) atoms. The van der Waals surface area contributed by atoms with Crippen molar-refractivity contribution in [3.8, 4) is 5.75 Å². The van der Waals surface area contributed by atoms with E-state index in [0.29, 0.717) is 24.5 Å². The zero-order valence-electron chi connectivity index (χ0n) is 8.94. The molecule has 0 heterocycles. The van der Waals surface area contributed by atoms with Gasteiger partial charge in [-0.15, -0.1) is 0 Å². The molecule has 0 saturated carbocycles. The zero-order valence-corrected chi connectivity index (χ0v) is 11.1. The molecule has 0 aliphatic heterocycles. The third-order valence-corrected chi connectivity index (χ3v) is 2.50. The fraction of sp³-hybridized carbons (Fsp3) is 0.364. The number of benzene rings is 1. The van der Waals surface area contributed by atoms with Gasteiger partial charge in [0.1, 0.15) is 5.75 Å². The van der Waals surface area contributed by atoms with E-state index in [9.17, 15) is 4.79 Å². The zero-order chi connectivity index (χ0) is 11.8. The monoisotopic (exact) mass is 336 g/mol. The highest BCUT2D eigenvalue weighted by molar-refractivity contribution is 14.1. The minimum Gasteiger partial charge on any atom is -0.467 e. The Labute approximate surface area is 108 Å². The van der Waals surface area contributed by atoms with Gasteiger partial charge in [-0.3, -0.25) is 4.79 Å². The molecule has 0 atom stereocenters. The lowest BCUT2D eigenvalue weighted by molar-refractivity contribution is -0.00867. The van der Waals surface area contributed by atoms with Crippen LogP contribution in [-0.4, -0.2) is 33.4 Å². The number of carbonyl (C=O) groups is 1. The highest BCUT2D eigenvalue weighted by Gasteiger charge is 2.03. The predicted molar refractivity (Wildman–Crippen MR) is 67.9 cm³/mol. The quantitative estimate of drug-likeness (QED) is 0.331. The van der Waals surface area contributed by atoms with E-state index < -0.39 is 0 Å².